The minimum Gasteiger partial charge on any atom is -0.487 e. The zero-order chi connectivity index (χ0) is 15.2. The predicted octanol–water partition coefficient (Wildman–Crippen LogP) is 3.72. The number of benzene rings is 1. The third-order valence-corrected chi connectivity index (χ3v) is 3.02. The number of rotatable bonds is 5. The molecule has 5 heteroatoms. The fraction of sp³-hybridized carbons (Fsp3) is 0.125. The maximum atomic E-state index is 10.6. The highest BCUT2D eigenvalue weighted by molar-refractivity contribution is 6.32. The number of halogens is 1. The number of aromatic nitrogens is 1. The predicted molar refractivity (Wildman–Crippen MR) is 81.4 cm³/mol. The fourth-order valence-electron chi connectivity index (χ4n) is 1.82. The van der Waals surface area contributed by atoms with Crippen LogP contribution in [0.5, 0.6) is 5.75 Å². The minimum atomic E-state index is -1.02. The quantitative estimate of drug-likeness (QED) is 0.855. The molecule has 0 saturated carbocycles. The summed E-state index contributed by atoms with van der Waals surface area (Å²) < 4.78 is 5.73. The second kappa shape index (κ2) is 6.90. The highest BCUT2D eigenvalue weighted by atomic mass is 35.5. The van der Waals surface area contributed by atoms with Gasteiger partial charge in [0, 0.05) is 29.6 Å². The molecule has 1 N–H and O–H groups in total. The highest BCUT2D eigenvalue weighted by Crippen LogP contribution is 2.30. The van der Waals surface area contributed by atoms with Gasteiger partial charge in [-0.15, -0.1) is 0 Å². The van der Waals surface area contributed by atoms with Crippen LogP contribution in [0, 0.1) is 6.92 Å². The van der Waals surface area contributed by atoms with Gasteiger partial charge in [0.1, 0.15) is 12.4 Å². The first-order chi connectivity index (χ1) is 10.1. The van der Waals surface area contributed by atoms with Crippen molar-refractivity contribution in [1.82, 2.24) is 4.98 Å². The zero-order valence-electron chi connectivity index (χ0n) is 11.4. The minimum absolute atomic E-state index is 0.312. The van der Waals surface area contributed by atoms with Gasteiger partial charge in [-0.25, -0.2) is 4.79 Å². The molecule has 4 nitrogen and oxygen atoms in total. The Hall–Kier alpha value is -2.33. The van der Waals surface area contributed by atoms with Crippen LogP contribution < -0.4 is 4.74 Å². The molecule has 0 amide bonds. The normalized spacial score (nSPS) is 10.8. The summed E-state index contributed by atoms with van der Waals surface area (Å²) in [7, 11) is 0. The Bertz CT molecular complexity index is 683. The van der Waals surface area contributed by atoms with E-state index in [0.29, 0.717) is 22.9 Å². The lowest BCUT2D eigenvalue weighted by molar-refractivity contribution is -0.131. The Balaban J connectivity index is 2.20. The fourth-order valence-corrected chi connectivity index (χ4v) is 2.06. The third-order valence-electron chi connectivity index (χ3n) is 2.72. The number of nitrogens with zero attached hydrogens (tertiary/aromatic N) is 1. The van der Waals surface area contributed by atoms with E-state index in [2.05, 4.69) is 4.98 Å². The molecule has 2 aromatic rings. The van der Waals surface area contributed by atoms with Crippen LogP contribution in [0.3, 0.4) is 0 Å². The van der Waals surface area contributed by atoms with Gasteiger partial charge in [0.25, 0.3) is 0 Å². The van der Waals surface area contributed by atoms with E-state index in [0.717, 1.165) is 17.2 Å². The molecule has 2 rings (SSSR count). The Morgan fingerprint density at radius 3 is 2.95 bits per heavy atom. The van der Waals surface area contributed by atoms with Gasteiger partial charge >= 0.3 is 5.97 Å². The van der Waals surface area contributed by atoms with Gasteiger partial charge in [0.15, 0.2) is 0 Å². The van der Waals surface area contributed by atoms with Gasteiger partial charge in [-0.1, -0.05) is 23.7 Å². The lowest BCUT2D eigenvalue weighted by Crippen LogP contribution is -1.99. The van der Waals surface area contributed by atoms with Gasteiger partial charge in [-0.3, -0.25) is 4.98 Å². The standard InChI is InChI=1S/C16H14ClNO3/c1-11-7-12(9-18-8-11)10-21-16-13(5-6-15(19)20)3-2-4-14(16)17/h2-9H,10H2,1H3,(H,19,20)/b6-5+. The number of carboxylic acid groups (broad SMARTS) is 1. The van der Waals surface area contributed by atoms with Crippen LogP contribution in [-0.4, -0.2) is 16.1 Å². The van der Waals surface area contributed by atoms with E-state index in [1.165, 1.54) is 6.08 Å². The number of aryl methyl sites for hydroxylation is 1. The van der Waals surface area contributed by atoms with Crippen molar-refractivity contribution in [3.63, 3.8) is 0 Å². The van der Waals surface area contributed by atoms with Gasteiger partial charge in [-0.2, -0.15) is 0 Å². The van der Waals surface area contributed by atoms with Crippen molar-refractivity contribution in [3.05, 3.63) is 64.4 Å². The molecule has 0 fully saturated rings. The maximum absolute atomic E-state index is 10.6. The first-order valence-corrected chi connectivity index (χ1v) is 6.67. The Morgan fingerprint density at radius 1 is 1.43 bits per heavy atom. The molecular weight excluding hydrogens is 290 g/mol. The van der Waals surface area contributed by atoms with Crippen LogP contribution in [0.2, 0.25) is 5.02 Å². The number of para-hydroxylation sites is 1. The topological polar surface area (TPSA) is 59.4 Å². The summed E-state index contributed by atoms with van der Waals surface area (Å²) in [5.74, 6) is -0.568. The third kappa shape index (κ3) is 4.33. The van der Waals surface area contributed by atoms with E-state index < -0.39 is 5.97 Å². The zero-order valence-corrected chi connectivity index (χ0v) is 12.2. The molecular formula is C16H14ClNO3. The lowest BCUT2D eigenvalue weighted by Gasteiger charge is -2.11. The Morgan fingerprint density at radius 2 is 2.24 bits per heavy atom. The van der Waals surface area contributed by atoms with Gasteiger partial charge < -0.3 is 9.84 Å². The molecule has 0 aliphatic carbocycles. The first-order valence-electron chi connectivity index (χ1n) is 6.29. The first kappa shape index (κ1) is 15.1. The summed E-state index contributed by atoms with van der Waals surface area (Å²) in [4.78, 5) is 14.7. The average Bonchev–Trinajstić information content (AvgIpc) is 2.44. The van der Waals surface area contributed by atoms with Crippen molar-refractivity contribution in [2.24, 2.45) is 0 Å². The molecule has 0 spiro atoms. The van der Waals surface area contributed by atoms with E-state index in [1.807, 2.05) is 13.0 Å². The molecule has 108 valence electrons. The number of ether oxygens (including phenoxy) is 1. The van der Waals surface area contributed by atoms with Crippen LogP contribution in [-0.2, 0) is 11.4 Å². The molecule has 0 atom stereocenters. The van der Waals surface area contributed by atoms with Crippen LogP contribution in [0.1, 0.15) is 16.7 Å². The van der Waals surface area contributed by atoms with Crippen molar-refractivity contribution in [2.45, 2.75) is 13.5 Å². The summed E-state index contributed by atoms with van der Waals surface area (Å²) in [5.41, 5.74) is 2.58. The van der Waals surface area contributed by atoms with Crippen LogP contribution in [0.15, 0.2) is 42.7 Å². The Labute approximate surface area is 127 Å². The summed E-state index contributed by atoms with van der Waals surface area (Å²) in [6.07, 6.45) is 5.99. The smallest absolute Gasteiger partial charge is 0.328 e. The number of hydrogen-bond acceptors (Lipinski definition) is 3. The van der Waals surface area contributed by atoms with Crippen molar-refractivity contribution in [3.8, 4) is 5.75 Å². The SMILES string of the molecule is Cc1cncc(COc2c(Cl)cccc2/C=C/C(=O)O)c1. The van der Waals surface area contributed by atoms with Gasteiger partial charge in [0.05, 0.1) is 5.02 Å². The molecule has 1 heterocycles. The van der Waals surface area contributed by atoms with Crippen LogP contribution in [0.4, 0.5) is 0 Å². The number of carbonyl (C=O) groups is 1. The number of aliphatic carboxylic acids is 1. The van der Waals surface area contributed by atoms with Crippen LogP contribution in [0.25, 0.3) is 6.08 Å². The largest absolute Gasteiger partial charge is 0.487 e. The van der Waals surface area contributed by atoms with Gasteiger partial charge in [-0.05, 0) is 30.7 Å². The van der Waals surface area contributed by atoms with Crippen LogP contribution >= 0.6 is 11.6 Å². The second-order valence-electron chi connectivity index (χ2n) is 4.49. The van der Waals surface area contributed by atoms with E-state index in [9.17, 15) is 4.79 Å². The molecule has 1 aromatic heterocycles. The summed E-state index contributed by atoms with van der Waals surface area (Å²) >= 11 is 6.12. The molecule has 21 heavy (non-hydrogen) atoms. The molecule has 0 aliphatic rings. The summed E-state index contributed by atoms with van der Waals surface area (Å²) in [6, 6.07) is 7.15. The number of pyridine rings is 1. The molecule has 0 radical (unpaired) electrons. The number of carboxylic acids is 1. The second-order valence-corrected chi connectivity index (χ2v) is 4.90. The lowest BCUT2D eigenvalue weighted by atomic mass is 10.2. The van der Waals surface area contributed by atoms with Crippen molar-refractivity contribution in [2.75, 3.05) is 0 Å². The van der Waals surface area contributed by atoms with Crippen molar-refractivity contribution >= 4 is 23.6 Å². The highest BCUT2D eigenvalue weighted by Gasteiger charge is 2.07. The Kier molecular flexibility index (Phi) is 4.95. The molecule has 0 saturated heterocycles. The maximum Gasteiger partial charge on any atom is 0.328 e. The average molecular weight is 304 g/mol. The molecule has 0 bridgehead atoms. The van der Waals surface area contributed by atoms with E-state index >= 15 is 0 Å². The summed E-state index contributed by atoms with van der Waals surface area (Å²) in [5, 5.41) is 9.14. The van der Waals surface area contributed by atoms with Crippen molar-refractivity contribution in [1.29, 1.82) is 0 Å². The van der Waals surface area contributed by atoms with E-state index in [1.54, 1.807) is 30.6 Å². The molecule has 1 aromatic carbocycles. The number of hydrogen-bond donors (Lipinski definition) is 1. The van der Waals surface area contributed by atoms with E-state index in [4.69, 9.17) is 21.4 Å². The monoisotopic (exact) mass is 303 g/mol. The molecule has 0 unspecified atom stereocenters. The van der Waals surface area contributed by atoms with E-state index in [-0.39, 0.29) is 0 Å². The summed E-state index contributed by atoms with van der Waals surface area (Å²) in [6.45, 7) is 2.26. The van der Waals surface area contributed by atoms with Gasteiger partial charge in [0.2, 0.25) is 0 Å². The van der Waals surface area contributed by atoms with Crippen molar-refractivity contribution < 1.29 is 14.6 Å². The molecule has 0 aliphatic heterocycles.